The van der Waals surface area contributed by atoms with E-state index in [1.807, 2.05) is 63.8 Å². The topological polar surface area (TPSA) is 131 Å². The molecule has 2 aromatic rings. The molecule has 2 heterocycles. The average Bonchev–Trinajstić information content (AvgIpc) is 3.07. The number of aryl methyl sites for hydroxylation is 2. The van der Waals surface area contributed by atoms with Gasteiger partial charge in [0.1, 0.15) is 36.3 Å². The Bertz CT molecular complexity index is 1540. The number of likely N-dealkylation sites (N-methyl/N-ethyl adjacent to an activating group) is 1. The number of rotatable bonds is 12. The first-order valence-corrected chi connectivity index (χ1v) is 18.2. The van der Waals surface area contributed by atoms with Gasteiger partial charge in [-0.1, -0.05) is 77.1 Å². The fourth-order valence-electron chi connectivity index (χ4n) is 7.17. The normalized spacial score (nSPS) is 24.0. The molecule has 2 fully saturated rings. The lowest BCUT2D eigenvalue weighted by Gasteiger charge is -2.41. The molecule has 0 aliphatic carbocycles. The number of ether oxygens (including phenoxy) is 1. The standard InChI is InChI=1S/C41H60N2O7/c1-10-42-15-17-43(18-16-42)39(49)41(8,9)23-34(45)40(6,7)14-13-28-11-12-29(26(4)19-28)21-30-22-32(27(5)20-31(30)25(2)3)38-37(48)36(47)35(46)33(24-44)50-38/h11-14,19-20,22,25,33,35-38,44,46-48H,10,15-18,21,23-24H2,1-9H3/b14-13+/t33-,35-,36+,37-,38+/m1/s1. The van der Waals surface area contributed by atoms with E-state index in [-0.39, 0.29) is 24.0 Å². The first-order chi connectivity index (χ1) is 23.4. The predicted molar refractivity (Wildman–Crippen MR) is 197 cm³/mol. The summed E-state index contributed by atoms with van der Waals surface area (Å²) in [5, 5.41) is 41.4. The smallest absolute Gasteiger partial charge is 0.228 e. The van der Waals surface area contributed by atoms with E-state index >= 15 is 0 Å². The fourth-order valence-corrected chi connectivity index (χ4v) is 7.17. The molecule has 4 rings (SSSR count). The molecule has 276 valence electrons. The van der Waals surface area contributed by atoms with Crippen molar-refractivity contribution in [3.05, 3.63) is 75.4 Å². The molecule has 2 saturated heterocycles. The number of Topliss-reactive ketones (excluding diaryl/α,β-unsaturated/α-hetero) is 1. The van der Waals surface area contributed by atoms with E-state index in [4.69, 9.17) is 4.74 Å². The number of hydrogen-bond donors (Lipinski definition) is 4. The number of aliphatic hydroxyl groups excluding tert-OH is 4. The molecule has 2 aliphatic rings. The number of piperazine rings is 1. The maximum absolute atomic E-state index is 13.6. The van der Waals surface area contributed by atoms with E-state index in [1.165, 1.54) is 5.56 Å². The number of allylic oxidation sites excluding steroid dienone is 1. The van der Waals surface area contributed by atoms with Gasteiger partial charge in [-0.15, -0.1) is 0 Å². The summed E-state index contributed by atoms with van der Waals surface area (Å²) in [5.41, 5.74) is 5.53. The molecule has 2 aliphatic heterocycles. The van der Waals surface area contributed by atoms with Crippen LogP contribution in [0.1, 0.15) is 106 Å². The molecule has 9 nitrogen and oxygen atoms in total. The van der Waals surface area contributed by atoms with Gasteiger partial charge in [-0.05, 0) is 85.5 Å². The molecule has 0 spiro atoms. The molecular weight excluding hydrogens is 632 g/mol. The number of aliphatic hydroxyl groups is 4. The second kappa shape index (κ2) is 16.2. The molecule has 0 aromatic heterocycles. The zero-order valence-electron chi connectivity index (χ0n) is 31.6. The zero-order chi connectivity index (χ0) is 37.1. The van der Waals surface area contributed by atoms with E-state index < -0.39 is 48.0 Å². The summed E-state index contributed by atoms with van der Waals surface area (Å²) in [5.74, 6) is 0.312. The molecule has 2 aromatic carbocycles. The van der Waals surface area contributed by atoms with Gasteiger partial charge in [-0.3, -0.25) is 9.59 Å². The molecule has 5 atom stereocenters. The predicted octanol–water partition coefficient (Wildman–Crippen LogP) is 4.72. The molecular formula is C41H60N2O7. The number of ketones is 1. The summed E-state index contributed by atoms with van der Waals surface area (Å²) in [7, 11) is 0. The van der Waals surface area contributed by atoms with Crippen molar-refractivity contribution < 1.29 is 34.8 Å². The Morgan fingerprint density at radius 3 is 2.16 bits per heavy atom. The van der Waals surface area contributed by atoms with Crippen LogP contribution in [0.15, 0.2) is 36.4 Å². The summed E-state index contributed by atoms with van der Waals surface area (Å²) in [6.45, 7) is 21.6. The van der Waals surface area contributed by atoms with Crippen LogP contribution in [-0.2, 0) is 20.7 Å². The average molecular weight is 693 g/mol. The zero-order valence-corrected chi connectivity index (χ0v) is 31.6. The van der Waals surface area contributed by atoms with Gasteiger partial charge in [0.2, 0.25) is 5.91 Å². The van der Waals surface area contributed by atoms with Gasteiger partial charge >= 0.3 is 0 Å². The Balaban J connectivity index is 1.49. The van der Waals surface area contributed by atoms with Crippen LogP contribution in [-0.4, -0.2) is 106 Å². The molecule has 0 saturated carbocycles. The summed E-state index contributed by atoms with van der Waals surface area (Å²) in [6.07, 6.45) is -1.34. The quantitative estimate of drug-likeness (QED) is 0.252. The number of nitrogens with zero attached hydrogens (tertiary/aromatic N) is 2. The van der Waals surface area contributed by atoms with Crippen molar-refractivity contribution in [3.63, 3.8) is 0 Å². The Morgan fingerprint density at radius 1 is 0.920 bits per heavy atom. The highest BCUT2D eigenvalue weighted by atomic mass is 16.5. The lowest BCUT2D eigenvalue weighted by molar-refractivity contribution is -0.231. The largest absolute Gasteiger partial charge is 0.394 e. The molecule has 0 radical (unpaired) electrons. The van der Waals surface area contributed by atoms with Crippen LogP contribution >= 0.6 is 0 Å². The van der Waals surface area contributed by atoms with Gasteiger partial charge in [0.25, 0.3) is 0 Å². The van der Waals surface area contributed by atoms with Crippen LogP contribution in [0.2, 0.25) is 0 Å². The maximum atomic E-state index is 13.6. The Morgan fingerprint density at radius 2 is 1.58 bits per heavy atom. The first-order valence-electron chi connectivity index (χ1n) is 18.2. The third-order valence-corrected chi connectivity index (χ3v) is 10.8. The van der Waals surface area contributed by atoms with Gasteiger partial charge < -0.3 is 35.0 Å². The minimum absolute atomic E-state index is 0.0310. The Labute approximate surface area is 299 Å². The van der Waals surface area contributed by atoms with Gasteiger partial charge in [-0.2, -0.15) is 0 Å². The van der Waals surface area contributed by atoms with Gasteiger partial charge in [0.05, 0.1) is 12.0 Å². The van der Waals surface area contributed by atoms with Crippen molar-refractivity contribution in [1.82, 2.24) is 9.80 Å². The molecule has 9 heteroatoms. The van der Waals surface area contributed by atoms with Crippen molar-refractivity contribution in [3.8, 4) is 0 Å². The van der Waals surface area contributed by atoms with Crippen LogP contribution in [0.3, 0.4) is 0 Å². The van der Waals surface area contributed by atoms with Crippen LogP contribution < -0.4 is 0 Å². The second-order valence-corrected chi connectivity index (χ2v) is 15.9. The van der Waals surface area contributed by atoms with Crippen molar-refractivity contribution in [2.45, 2.75) is 112 Å². The molecule has 4 N–H and O–H groups in total. The SMILES string of the molecule is CCN1CCN(C(=O)C(C)(C)CC(=O)C(C)(C)/C=C/c2ccc(Cc3cc([C@@H]4O[C@H](CO)[C@@H](O)[C@H](O)[C@H]4O)c(C)cc3C(C)C)c(C)c2)CC1. The highest BCUT2D eigenvalue weighted by Crippen LogP contribution is 2.37. The number of amides is 1. The molecule has 50 heavy (non-hydrogen) atoms. The third kappa shape index (κ3) is 8.92. The lowest BCUT2D eigenvalue weighted by atomic mass is 9.76. The highest BCUT2D eigenvalue weighted by molar-refractivity contribution is 5.93. The van der Waals surface area contributed by atoms with Gasteiger partial charge in [-0.25, -0.2) is 0 Å². The summed E-state index contributed by atoms with van der Waals surface area (Å²) < 4.78 is 5.92. The summed E-state index contributed by atoms with van der Waals surface area (Å²) >= 11 is 0. The number of benzene rings is 2. The summed E-state index contributed by atoms with van der Waals surface area (Å²) in [4.78, 5) is 31.2. The second-order valence-electron chi connectivity index (χ2n) is 15.9. The Kier molecular flexibility index (Phi) is 12.9. The third-order valence-electron chi connectivity index (χ3n) is 10.8. The van der Waals surface area contributed by atoms with E-state index in [0.717, 1.165) is 47.5 Å². The number of carbonyl (C=O) groups is 2. The molecule has 0 bridgehead atoms. The van der Waals surface area contributed by atoms with Crippen LogP contribution in [0.5, 0.6) is 0 Å². The highest BCUT2D eigenvalue weighted by Gasteiger charge is 2.44. The minimum atomic E-state index is -1.44. The van der Waals surface area contributed by atoms with Crippen LogP contribution in [0.4, 0.5) is 0 Å². The number of carbonyl (C=O) groups excluding carboxylic acids is 2. The lowest BCUT2D eigenvalue weighted by Crippen LogP contribution is -2.55. The van der Waals surface area contributed by atoms with Crippen LogP contribution in [0, 0.1) is 24.7 Å². The maximum Gasteiger partial charge on any atom is 0.228 e. The first kappa shape index (κ1) is 39.9. The van der Waals surface area contributed by atoms with E-state index in [1.54, 1.807) is 0 Å². The number of hydrogen-bond acceptors (Lipinski definition) is 8. The molecule has 1 amide bonds. The van der Waals surface area contributed by atoms with E-state index in [9.17, 15) is 30.0 Å². The van der Waals surface area contributed by atoms with E-state index in [2.05, 4.69) is 50.8 Å². The van der Waals surface area contributed by atoms with Gasteiger partial charge in [0.15, 0.2) is 0 Å². The van der Waals surface area contributed by atoms with Crippen molar-refractivity contribution in [2.75, 3.05) is 39.3 Å². The van der Waals surface area contributed by atoms with E-state index in [0.29, 0.717) is 25.1 Å². The Hall–Kier alpha value is -2.92. The van der Waals surface area contributed by atoms with Crippen molar-refractivity contribution in [1.29, 1.82) is 0 Å². The van der Waals surface area contributed by atoms with Crippen LogP contribution in [0.25, 0.3) is 6.08 Å². The summed E-state index contributed by atoms with van der Waals surface area (Å²) in [6, 6.07) is 10.4. The van der Waals surface area contributed by atoms with Crippen molar-refractivity contribution >= 4 is 17.8 Å². The van der Waals surface area contributed by atoms with Gasteiger partial charge in [0, 0.05) is 38.0 Å². The monoisotopic (exact) mass is 692 g/mol. The van der Waals surface area contributed by atoms with Crippen molar-refractivity contribution in [2.24, 2.45) is 10.8 Å². The molecule has 0 unspecified atom stereocenters. The fraction of sp³-hybridized carbons (Fsp3) is 0.610. The minimum Gasteiger partial charge on any atom is -0.394 e.